The van der Waals surface area contributed by atoms with Gasteiger partial charge in [0.15, 0.2) is 0 Å². The Hall–Kier alpha value is -2.11. The van der Waals surface area contributed by atoms with Gasteiger partial charge in [0.05, 0.1) is 17.5 Å². The van der Waals surface area contributed by atoms with Crippen LogP contribution in [0.25, 0.3) is 0 Å². The number of hydrogen-bond acceptors (Lipinski definition) is 3. The van der Waals surface area contributed by atoms with Gasteiger partial charge in [-0.1, -0.05) is 0 Å². The van der Waals surface area contributed by atoms with Crippen molar-refractivity contribution in [3.8, 4) is 0 Å². The van der Waals surface area contributed by atoms with Crippen molar-refractivity contribution in [3.63, 3.8) is 0 Å². The third-order valence-corrected chi connectivity index (χ3v) is 4.08. The summed E-state index contributed by atoms with van der Waals surface area (Å²) in [5, 5.41) is 4.17. The first-order valence-electron chi connectivity index (χ1n) is 7.40. The second kappa shape index (κ2) is 5.35. The highest BCUT2D eigenvalue weighted by molar-refractivity contribution is 5.94. The van der Waals surface area contributed by atoms with Crippen LogP contribution < -0.4 is 0 Å². The summed E-state index contributed by atoms with van der Waals surface area (Å²) >= 11 is 0. The maximum absolute atomic E-state index is 12.5. The molecule has 0 spiro atoms. The quantitative estimate of drug-likeness (QED) is 0.861. The van der Waals surface area contributed by atoms with Crippen LogP contribution in [0.1, 0.15) is 41.1 Å². The summed E-state index contributed by atoms with van der Waals surface area (Å²) in [7, 11) is 2.02. The van der Waals surface area contributed by atoms with Gasteiger partial charge in [-0.2, -0.15) is 5.10 Å². The number of likely N-dealkylation sites (tertiary alicyclic amines) is 1. The summed E-state index contributed by atoms with van der Waals surface area (Å²) < 4.78 is 3.85. The molecule has 0 aliphatic carbocycles. The molecule has 0 bridgehead atoms. The van der Waals surface area contributed by atoms with Crippen molar-refractivity contribution >= 4 is 5.91 Å². The number of nitrogens with zero attached hydrogens (tertiary/aromatic N) is 5. The summed E-state index contributed by atoms with van der Waals surface area (Å²) in [4.78, 5) is 19.0. The molecule has 0 saturated carbocycles. The van der Waals surface area contributed by atoms with Crippen molar-refractivity contribution in [3.05, 3.63) is 35.7 Å². The minimum Gasteiger partial charge on any atom is -0.338 e. The number of imidazole rings is 1. The van der Waals surface area contributed by atoms with Crippen LogP contribution in [0.15, 0.2) is 18.6 Å². The Labute approximate surface area is 124 Å². The van der Waals surface area contributed by atoms with Gasteiger partial charge in [-0.05, 0) is 20.3 Å². The molecule has 3 heterocycles. The second-order valence-electron chi connectivity index (χ2n) is 5.67. The zero-order valence-corrected chi connectivity index (χ0v) is 12.8. The highest BCUT2D eigenvalue weighted by Crippen LogP contribution is 2.27. The Bertz CT molecular complexity index is 657. The van der Waals surface area contributed by atoms with E-state index in [4.69, 9.17) is 0 Å². The highest BCUT2D eigenvalue weighted by Gasteiger charge is 2.30. The highest BCUT2D eigenvalue weighted by atomic mass is 16.2. The van der Waals surface area contributed by atoms with Crippen molar-refractivity contribution in [1.82, 2.24) is 24.2 Å². The van der Waals surface area contributed by atoms with E-state index in [9.17, 15) is 4.79 Å². The molecular formula is C15H21N5O. The normalized spacial score (nSPS) is 18.4. The Morgan fingerprint density at radius 3 is 2.86 bits per heavy atom. The summed E-state index contributed by atoms with van der Waals surface area (Å²) in [5.41, 5.74) is 1.70. The van der Waals surface area contributed by atoms with E-state index in [-0.39, 0.29) is 5.91 Å². The van der Waals surface area contributed by atoms with Crippen LogP contribution in [-0.4, -0.2) is 43.2 Å². The Morgan fingerprint density at radius 2 is 2.24 bits per heavy atom. The molecule has 112 valence electrons. The molecule has 3 rings (SSSR count). The van der Waals surface area contributed by atoms with Crippen molar-refractivity contribution in [2.24, 2.45) is 7.05 Å². The molecule has 1 saturated heterocycles. The molecular weight excluding hydrogens is 266 g/mol. The first-order chi connectivity index (χ1) is 10.1. The summed E-state index contributed by atoms with van der Waals surface area (Å²) in [5.74, 6) is 1.48. The number of aryl methyl sites for hydroxylation is 3. The van der Waals surface area contributed by atoms with Gasteiger partial charge in [0.1, 0.15) is 5.82 Å². The smallest absolute Gasteiger partial charge is 0.257 e. The third kappa shape index (κ3) is 2.57. The minimum absolute atomic E-state index is 0.0723. The monoisotopic (exact) mass is 287 g/mol. The fourth-order valence-electron chi connectivity index (χ4n) is 3.00. The molecule has 2 aromatic rings. The SMILES string of the molecule is CCn1cc(C(=O)N2CCC(c3nc(C)cn3C)C2)cn1. The molecule has 1 unspecified atom stereocenters. The lowest BCUT2D eigenvalue weighted by molar-refractivity contribution is 0.0790. The van der Waals surface area contributed by atoms with Gasteiger partial charge in [0.25, 0.3) is 5.91 Å². The van der Waals surface area contributed by atoms with E-state index < -0.39 is 0 Å². The molecule has 1 aliphatic heterocycles. The Kier molecular flexibility index (Phi) is 3.53. The molecule has 0 N–H and O–H groups in total. The first-order valence-corrected chi connectivity index (χ1v) is 7.40. The van der Waals surface area contributed by atoms with Crippen molar-refractivity contribution in [2.45, 2.75) is 32.7 Å². The topological polar surface area (TPSA) is 56.0 Å². The molecule has 1 amide bonds. The van der Waals surface area contributed by atoms with E-state index in [1.54, 1.807) is 10.9 Å². The van der Waals surface area contributed by atoms with Gasteiger partial charge in [0.2, 0.25) is 0 Å². The van der Waals surface area contributed by atoms with E-state index in [1.807, 2.05) is 38.2 Å². The predicted octanol–water partition coefficient (Wildman–Crippen LogP) is 1.57. The summed E-state index contributed by atoms with van der Waals surface area (Å²) in [6, 6.07) is 0. The van der Waals surface area contributed by atoms with Crippen LogP contribution >= 0.6 is 0 Å². The largest absolute Gasteiger partial charge is 0.338 e. The van der Waals surface area contributed by atoms with Crippen LogP contribution in [0.5, 0.6) is 0 Å². The number of carbonyl (C=O) groups excluding carboxylic acids is 1. The zero-order chi connectivity index (χ0) is 15.0. The minimum atomic E-state index is 0.0723. The average molecular weight is 287 g/mol. The van der Waals surface area contributed by atoms with Gasteiger partial charge < -0.3 is 9.47 Å². The summed E-state index contributed by atoms with van der Waals surface area (Å²) in [6.45, 7) is 6.31. The lowest BCUT2D eigenvalue weighted by Crippen LogP contribution is -2.28. The molecule has 1 fully saturated rings. The molecule has 0 radical (unpaired) electrons. The number of carbonyl (C=O) groups is 1. The first kappa shape index (κ1) is 13.9. The fraction of sp³-hybridized carbons (Fsp3) is 0.533. The lowest BCUT2D eigenvalue weighted by Gasteiger charge is -2.15. The molecule has 6 heteroatoms. The van der Waals surface area contributed by atoms with Gasteiger partial charge >= 0.3 is 0 Å². The molecule has 6 nitrogen and oxygen atoms in total. The number of rotatable bonds is 3. The summed E-state index contributed by atoms with van der Waals surface area (Å²) in [6.07, 6.45) is 6.48. The van der Waals surface area contributed by atoms with Crippen molar-refractivity contribution in [1.29, 1.82) is 0 Å². The molecule has 1 atom stereocenters. The standard InChI is InChI=1S/C15H21N5O/c1-4-20-10-13(7-16-20)15(21)19-6-5-12(9-19)14-17-11(2)8-18(14)3/h7-8,10,12H,4-6,9H2,1-3H3. The van der Waals surface area contributed by atoms with Crippen LogP contribution in [0.3, 0.4) is 0 Å². The molecule has 1 aliphatic rings. The van der Waals surface area contributed by atoms with Crippen molar-refractivity contribution < 1.29 is 4.79 Å². The van der Waals surface area contributed by atoms with Crippen molar-refractivity contribution in [2.75, 3.05) is 13.1 Å². The Morgan fingerprint density at radius 1 is 1.43 bits per heavy atom. The second-order valence-corrected chi connectivity index (χ2v) is 5.67. The van der Waals surface area contributed by atoms with E-state index in [0.29, 0.717) is 11.5 Å². The number of hydrogen-bond donors (Lipinski definition) is 0. The molecule has 0 aromatic carbocycles. The predicted molar refractivity (Wildman–Crippen MR) is 79.1 cm³/mol. The van der Waals surface area contributed by atoms with Gasteiger partial charge in [-0.15, -0.1) is 0 Å². The molecule has 21 heavy (non-hydrogen) atoms. The van der Waals surface area contributed by atoms with Gasteiger partial charge in [-0.25, -0.2) is 4.98 Å². The average Bonchev–Trinajstić information content (AvgIpc) is 3.17. The fourth-order valence-corrected chi connectivity index (χ4v) is 3.00. The van der Waals surface area contributed by atoms with E-state index in [0.717, 1.165) is 37.6 Å². The third-order valence-electron chi connectivity index (χ3n) is 4.08. The maximum atomic E-state index is 12.5. The number of amides is 1. The number of aromatic nitrogens is 4. The zero-order valence-electron chi connectivity index (χ0n) is 12.8. The van der Waals surface area contributed by atoms with E-state index in [1.165, 1.54) is 0 Å². The van der Waals surface area contributed by atoms with Gasteiger partial charge in [-0.3, -0.25) is 9.48 Å². The van der Waals surface area contributed by atoms with Gasteiger partial charge in [0, 0.05) is 45.0 Å². The van der Waals surface area contributed by atoms with Crippen LogP contribution in [-0.2, 0) is 13.6 Å². The van der Waals surface area contributed by atoms with Crippen LogP contribution in [0.4, 0.5) is 0 Å². The maximum Gasteiger partial charge on any atom is 0.257 e. The molecule has 2 aromatic heterocycles. The van der Waals surface area contributed by atoms with E-state index in [2.05, 4.69) is 14.6 Å². The Balaban J connectivity index is 1.72. The van der Waals surface area contributed by atoms with Crippen LogP contribution in [0, 0.1) is 6.92 Å². The van der Waals surface area contributed by atoms with E-state index >= 15 is 0 Å². The lowest BCUT2D eigenvalue weighted by atomic mass is 10.1. The van der Waals surface area contributed by atoms with Crippen LogP contribution in [0.2, 0.25) is 0 Å².